The Kier molecular flexibility index (Phi) is 3.36. The molecule has 0 aliphatic carbocycles. The summed E-state index contributed by atoms with van der Waals surface area (Å²) in [6.07, 6.45) is 0.892. The van der Waals surface area contributed by atoms with E-state index in [1.807, 2.05) is 18.2 Å². The van der Waals surface area contributed by atoms with E-state index in [1.165, 1.54) is 5.56 Å². The molecule has 1 aliphatic rings. The number of fused-ring (bicyclic) bond motifs is 1. The first-order valence-corrected chi connectivity index (χ1v) is 6.93. The summed E-state index contributed by atoms with van der Waals surface area (Å²) in [5.74, 6) is 0.166. The van der Waals surface area contributed by atoms with Gasteiger partial charge in [0.25, 0.3) is 0 Å². The van der Waals surface area contributed by atoms with E-state index in [1.54, 1.807) is 12.1 Å². The van der Waals surface area contributed by atoms with Gasteiger partial charge in [0.15, 0.2) is 11.5 Å². The van der Waals surface area contributed by atoms with Gasteiger partial charge in [-0.3, -0.25) is 0 Å². The van der Waals surface area contributed by atoms with Crippen LogP contribution in [0, 0.1) is 0 Å². The Morgan fingerprint density at radius 1 is 1.05 bits per heavy atom. The lowest BCUT2D eigenvalue weighted by molar-refractivity contribution is 0.338. The van der Waals surface area contributed by atoms with Gasteiger partial charge in [0.2, 0.25) is 0 Å². The van der Waals surface area contributed by atoms with Crippen molar-refractivity contribution in [1.82, 2.24) is 4.90 Å². The molecule has 1 atom stereocenters. The van der Waals surface area contributed by atoms with E-state index in [4.69, 9.17) is 0 Å². The summed E-state index contributed by atoms with van der Waals surface area (Å²) < 4.78 is 0. The first-order chi connectivity index (χ1) is 9.65. The van der Waals surface area contributed by atoms with Crippen LogP contribution >= 0.6 is 0 Å². The topological polar surface area (TPSA) is 43.7 Å². The highest BCUT2D eigenvalue weighted by Crippen LogP contribution is 2.37. The molecule has 20 heavy (non-hydrogen) atoms. The normalized spacial score (nSPS) is 19.4. The van der Waals surface area contributed by atoms with E-state index in [0.717, 1.165) is 30.6 Å². The molecule has 2 N–H and O–H groups in total. The van der Waals surface area contributed by atoms with Gasteiger partial charge in [0, 0.05) is 19.0 Å². The number of benzene rings is 2. The highest BCUT2D eigenvalue weighted by Gasteiger charge is 2.24. The summed E-state index contributed by atoms with van der Waals surface area (Å²) in [7, 11) is 2.11. The first kappa shape index (κ1) is 13.0. The molecular formula is C17H19NO2. The van der Waals surface area contributed by atoms with Crippen LogP contribution in [0.1, 0.15) is 22.6 Å². The summed E-state index contributed by atoms with van der Waals surface area (Å²) in [5, 5.41) is 19.6. The summed E-state index contributed by atoms with van der Waals surface area (Å²) in [6.45, 7) is 1.88. The third kappa shape index (κ3) is 2.37. The van der Waals surface area contributed by atoms with Crippen LogP contribution in [0.2, 0.25) is 0 Å². The van der Waals surface area contributed by atoms with Crippen LogP contribution in [0.3, 0.4) is 0 Å². The number of phenolic OH excluding ortho intramolecular Hbond substituents is 2. The summed E-state index contributed by atoms with van der Waals surface area (Å²) >= 11 is 0. The smallest absolute Gasteiger partial charge is 0.157 e. The third-order valence-corrected chi connectivity index (χ3v) is 4.07. The first-order valence-electron chi connectivity index (χ1n) is 6.93. The van der Waals surface area contributed by atoms with Gasteiger partial charge >= 0.3 is 0 Å². The molecular weight excluding hydrogens is 250 g/mol. The van der Waals surface area contributed by atoms with Crippen LogP contribution in [0.5, 0.6) is 11.5 Å². The second-order valence-corrected chi connectivity index (χ2v) is 5.52. The van der Waals surface area contributed by atoms with Gasteiger partial charge in [-0.15, -0.1) is 0 Å². The van der Waals surface area contributed by atoms with Crippen molar-refractivity contribution < 1.29 is 10.2 Å². The Morgan fingerprint density at radius 3 is 2.50 bits per heavy atom. The minimum atomic E-state index is -0.0331. The maximum Gasteiger partial charge on any atom is 0.157 e. The van der Waals surface area contributed by atoms with Crippen molar-refractivity contribution in [1.29, 1.82) is 0 Å². The average molecular weight is 269 g/mol. The maximum absolute atomic E-state index is 9.83. The molecule has 3 nitrogen and oxygen atoms in total. The number of hydrogen-bond acceptors (Lipinski definition) is 3. The molecule has 0 amide bonds. The minimum Gasteiger partial charge on any atom is -0.504 e. The molecule has 0 spiro atoms. The summed E-state index contributed by atoms with van der Waals surface area (Å²) in [5.41, 5.74) is 3.49. The third-order valence-electron chi connectivity index (χ3n) is 4.07. The van der Waals surface area contributed by atoms with E-state index in [2.05, 4.69) is 24.1 Å². The monoisotopic (exact) mass is 269 g/mol. The quantitative estimate of drug-likeness (QED) is 0.782. The number of phenols is 2. The zero-order chi connectivity index (χ0) is 14.1. The molecule has 0 saturated carbocycles. The Hall–Kier alpha value is -2.00. The maximum atomic E-state index is 9.83. The molecule has 3 heteroatoms. The lowest BCUT2D eigenvalue weighted by Gasteiger charge is -2.22. The van der Waals surface area contributed by atoms with Gasteiger partial charge < -0.3 is 15.1 Å². The fourth-order valence-electron chi connectivity index (χ4n) is 2.96. The van der Waals surface area contributed by atoms with Gasteiger partial charge in [0.1, 0.15) is 0 Å². The second kappa shape index (κ2) is 5.17. The Morgan fingerprint density at radius 2 is 1.75 bits per heavy atom. The van der Waals surface area contributed by atoms with E-state index in [9.17, 15) is 10.2 Å². The highest BCUT2D eigenvalue weighted by molar-refractivity contribution is 5.50. The second-order valence-electron chi connectivity index (χ2n) is 5.52. The fraction of sp³-hybridized carbons (Fsp3) is 0.294. The Bertz CT molecular complexity index is 610. The molecule has 2 aromatic carbocycles. The predicted octanol–water partition coefficient (Wildman–Crippen LogP) is 2.72. The van der Waals surface area contributed by atoms with E-state index < -0.39 is 0 Å². The summed E-state index contributed by atoms with van der Waals surface area (Å²) in [6, 6.07) is 13.8. The molecule has 104 valence electrons. The van der Waals surface area contributed by atoms with Crippen LogP contribution in [0.25, 0.3) is 0 Å². The number of hydrogen-bond donors (Lipinski definition) is 2. The predicted molar refractivity (Wildman–Crippen MR) is 79.3 cm³/mol. The van der Waals surface area contributed by atoms with Crippen molar-refractivity contribution in [2.45, 2.75) is 12.3 Å². The summed E-state index contributed by atoms with van der Waals surface area (Å²) in [4.78, 5) is 2.30. The SMILES string of the molecule is CN1CCc2cc(O)c(O)cc2[C@@H](c2ccccc2)C1. The molecule has 2 aromatic rings. The zero-order valence-corrected chi connectivity index (χ0v) is 11.6. The van der Waals surface area contributed by atoms with Gasteiger partial charge in [-0.1, -0.05) is 30.3 Å². The van der Waals surface area contributed by atoms with Crippen LogP contribution in [0.15, 0.2) is 42.5 Å². The van der Waals surface area contributed by atoms with Crippen molar-refractivity contribution >= 4 is 0 Å². The molecule has 0 radical (unpaired) electrons. The van der Waals surface area contributed by atoms with Crippen molar-refractivity contribution in [3.8, 4) is 11.5 Å². The van der Waals surface area contributed by atoms with Crippen molar-refractivity contribution in [2.75, 3.05) is 20.1 Å². The van der Waals surface area contributed by atoms with Crippen molar-refractivity contribution in [3.05, 3.63) is 59.2 Å². The standard InChI is InChI=1S/C17H19NO2/c1-18-8-7-13-9-16(19)17(20)10-14(13)15(11-18)12-5-3-2-4-6-12/h2-6,9-10,15,19-20H,7-8,11H2,1H3/t15-/m1/s1. The number of likely N-dealkylation sites (N-methyl/N-ethyl adjacent to an activating group) is 1. The number of rotatable bonds is 1. The van der Waals surface area contributed by atoms with Gasteiger partial charge in [-0.25, -0.2) is 0 Å². The average Bonchev–Trinajstić information content (AvgIpc) is 2.61. The van der Waals surface area contributed by atoms with Crippen LogP contribution in [0.4, 0.5) is 0 Å². The molecule has 0 saturated heterocycles. The lowest BCUT2D eigenvalue weighted by Crippen LogP contribution is -2.24. The van der Waals surface area contributed by atoms with E-state index in [-0.39, 0.29) is 17.4 Å². The lowest BCUT2D eigenvalue weighted by atomic mass is 9.87. The Balaban J connectivity index is 2.12. The number of aromatic hydroxyl groups is 2. The highest BCUT2D eigenvalue weighted by atomic mass is 16.3. The van der Waals surface area contributed by atoms with Crippen molar-refractivity contribution in [3.63, 3.8) is 0 Å². The Labute approximate surface area is 119 Å². The van der Waals surface area contributed by atoms with E-state index >= 15 is 0 Å². The number of nitrogens with zero attached hydrogens (tertiary/aromatic N) is 1. The largest absolute Gasteiger partial charge is 0.504 e. The molecule has 1 aliphatic heterocycles. The van der Waals surface area contributed by atoms with Crippen LogP contribution in [-0.2, 0) is 6.42 Å². The van der Waals surface area contributed by atoms with Crippen molar-refractivity contribution in [2.24, 2.45) is 0 Å². The fourth-order valence-corrected chi connectivity index (χ4v) is 2.96. The zero-order valence-electron chi connectivity index (χ0n) is 11.6. The molecule has 3 rings (SSSR count). The minimum absolute atomic E-state index is 0.0277. The van der Waals surface area contributed by atoms with Gasteiger partial charge in [-0.2, -0.15) is 0 Å². The van der Waals surface area contributed by atoms with Crippen LogP contribution in [-0.4, -0.2) is 35.3 Å². The molecule has 0 aromatic heterocycles. The molecule has 0 unspecified atom stereocenters. The molecule has 0 fully saturated rings. The van der Waals surface area contributed by atoms with E-state index in [0.29, 0.717) is 0 Å². The van der Waals surface area contributed by atoms with Gasteiger partial charge in [-0.05, 0) is 42.3 Å². The molecule has 1 heterocycles. The van der Waals surface area contributed by atoms with Gasteiger partial charge in [0.05, 0.1) is 0 Å². The van der Waals surface area contributed by atoms with Crippen LogP contribution < -0.4 is 0 Å². The molecule has 0 bridgehead atoms.